The number of amides is 2. The van der Waals surface area contributed by atoms with Crippen molar-refractivity contribution in [2.24, 2.45) is 11.8 Å². The monoisotopic (exact) mass is 385 g/mol. The van der Waals surface area contributed by atoms with E-state index in [4.69, 9.17) is 4.74 Å². The molecule has 2 aliphatic rings. The fourth-order valence-electron chi connectivity index (χ4n) is 4.00. The van der Waals surface area contributed by atoms with Gasteiger partial charge in [0.1, 0.15) is 6.10 Å². The Hall–Kier alpha value is -2.50. The fourth-order valence-corrected chi connectivity index (χ4v) is 4.00. The number of esters is 1. The van der Waals surface area contributed by atoms with E-state index in [1.165, 1.54) is 0 Å². The van der Waals surface area contributed by atoms with Crippen molar-refractivity contribution in [2.75, 3.05) is 19.0 Å². The molecule has 0 spiro atoms. The van der Waals surface area contributed by atoms with Crippen molar-refractivity contribution in [3.05, 3.63) is 41.1 Å². The van der Waals surface area contributed by atoms with Gasteiger partial charge in [0.15, 0.2) is 0 Å². The minimum absolute atomic E-state index is 0.0617. The number of urea groups is 1. The SMILES string of the molecule is CC1=C(C(=O)O[C@H]2CC[C@H](C)[C@@H](C)C2)[C@@H](c2ccc(N(C)C)cc2)NC(=O)N1. The summed E-state index contributed by atoms with van der Waals surface area (Å²) in [6, 6.07) is 7.01. The standard InChI is InChI=1S/C22H31N3O3/c1-13-6-11-18(12-14(13)2)28-21(26)19-15(3)23-22(27)24-20(19)16-7-9-17(10-8-16)25(4)5/h7-10,13-14,18,20H,6,11-12H2,1-5H3,(H2,23,24,27)/t13-,14-,18-,20+/m0/s1. The van der Waals surface area contributed by atoms with E-state index >= 15 is 0 Å². The molecule has 1 heterocycles. The second kappa shape index (κ2) is 8.25. The van der Waals surface area contributed by atoms with Crippen LogP contribution in [0.25, 0.3) is 0 Å². The topological polar surface area (TPSA) is 70.7 Å². The van der Waals surface area contributed by atoms with E-state index in [9.17, 15) is 9.59 Å². The summed E-state index contributed by atoms with van der Waals surface area (Å²) in [4.78, 5) is 27.1. The van der Waals surface area contributed by atoms with Gasteiger partial charge in [-0.3, -0.25) is 0 Å². The first-order valence-corrected chi connectivity index (χ1v) is 10.0. The van der Waals surface area contributed by atoms with Gasteiger partial charge in [0.05, 0.1) is 11.6 Å². The number of carbonyl (C=O) groups is 2. The zero-order valence-electron chi connectivity index (χ0n) is 17.4. The van der Waals surface area contributed by atoms with Gasteiger partial charge in [0.2, 0.25) is 0 Å². The van der Waals surface area contributed by atoms with Crippen LogP contribution >= 0.6 is 0 Å². The summed E-state index contributed by atoms with van der Waals surface area (Å²) in [5.74, 6) is 0.855. The van der Waals surface area contributed by atoms with E-state index in [2.05, 4.69) is 24.5 Å². The number of hydrogen-bond donors (Lipinski definition) is 2. The third kappa shape index (κ3) is 4.32. The number of nitrogens with one attached hydrogen (secondary N) is 2. The van der Waals surface area contributed by atoms with Crippen LogP contribution in [-0.2, 0) is 9.53 Å². The van der Waals surface area contributed by atoms with E-state index in [0.29, 0.717) is 23.1 Å². The van der Waals surface area contributed by atoms with Gasteiger partial charge in [-0.25, -0.2) is 9.59 Å². The summed E-state index contributed by atoms with van der Waals surface area (Å²) in [6.45, 7) is 6.22. The van der Waals surface area contributed by atoms with Gasteiger partial charge >= 0.3 is 12.0 Å². The van der Waals surface area contributed by atoms with Crippen LogP contribution in [-0.4, -0.2) is 32.2 Å². The summed E-state index contributed by atoms with van der Waals surface area (Å²) in [7, 11) is 3.94. The van der Waals surface area contributed by atoms with Crippen molar-refractivity contribution in [1.82, 2.24) is 10.6 Å². The Morgan fingerprint density at radius 1 is 1.11 bits per heavy atom. The summed E-state index contributed by atoms with van der Waals surface area (Å²) in [6.07, 6.45) is 2.79. The number of allylic oxidation sites excluding steroid dienone is 1. The van der Waals surface area contributed by atoms with Crippen LogP contribution in [0.4, 0.5) is 10.5 Å². The maximum absolute atomic E-state index is 13.1. The van der Waals surface area contributed by atoms with E-state index in [-0.39, 0.29) is 18.1 Å². The number of rotatable bonds is 4. The largest absolute Gasteiger partial charge is 0.459 e. The Labute approximate surface area is 167 Å². The molecule has 0 unspecified atom stereocenters. The minimum Gasteiger partial charge on any atom is -0.459 e. The molecular weight excluding hydrogens is 354 g/mol. The Balaban J connectivity index is 1.82. The number of carbonyl (C=O) groups excluding carboxylic acids is 2. The van der Waals surface area contributed by atoms with Crippen molar-refractivity contribution in [1.29, 1.82) is 0 Å². The average molecular weight is 386 g/mol. The lowest BCUT2D eigenvalue weighted by atomic mass is 9.80. The number of hydrogen-bond acceptors (Lipinski definition) is 4. The zero-order chi connectivity index (χ0) is 20.4. The maximum Gasteiger partial charge on any atom is 0.338 e. The van der Waals surface area contributed by atoms with Crippen molar-refractivity contribution in [3.63, 3.8) is 0 Å². The quantitative estimate of drug-likeness (QED) is 0.775. The molecule has 0 radical (unpaired) electrons. The zero-order valence-corrected chi connectivity index (χ0v) is 17.4. The van der Waals surface area contributed by atoms with Gasteiger partial charge in [-0.15, -0.1) is 0 Å². The van der Waals surface area contributed by atoms with Crippen molar-refractivity contribution < 1.29 is 14.3 Å². The van der Waals surface area contributed by atoms with Gasteiger partial charge in [0.25, 0.3) is 0 Å². The van der Waals surface area contributed by atoms with Gasteiger partial charge in [-0.2, -0.15) is 0 Å². The molecule has 4 atom stereocenters. The molecule has 2 N–H and O–H groups in total. The highest BCUT2D eigenvalue weighted by molar-refractivity contribution is 5.95. The van der Waals surface area contributed by atoms with Crippen molar-refractivity contribution in [2.45, 2.75) is 52.2 Å². The predicted molar refractivity (Wildman–Crippen MR) is 110 cm³/mol. The van der Waals surface area contributed by atoms with Gasteiger partial charge in [-0.1, -0.05) is 26.0 Å². The van der Waals surface area contributed by atoms with Gasteiger partial charge in [0, 0.05) is 25.5 Å². The molecule has 3 rings (SSSR count). The molecule has 6 nitrogen and oxygen atoms in total. The van der Waals surface area contributed by atoms with Crippen molar-refractivity contribution >= 4 is 17.7 Å². The summed E-state index contributed by atoms with van der Waals surface area (Å²) in [5, 5.41) is 5.59. The number of anilines is 1. The van der Waals surface area contributed by atoms with Gasteiger partial charge < -0.3 is 20.3 Å². The third-order valence-corrected chi connectivity index (χ3v) is 6.06. The molecule has 6 heteroatoms. The Kier molecular flexibility index (Phi) is 5.96. The molecule has 2 amide bonds. The molecule has 1 saturated carbocycles. The highest BCUT2D eigenvalue weighted by Gasteiger charge is 2.34. The summed E-state index contributed by atoms with van der Waals surface area (Å²) >= 11 is 0. The van der Waals surface area contributed by atoms with Crippen LogP contribution in [0.2, 0.25) is 0 Å². The van der Waals surface area contributed by atoms with E-state index in [1.54, 1.807) is 6.92 Å². The molecule has 1 aliphatic carbocycles. The minimum atomic E-state index is -0.516. The normalized spacial score (nSPS) is 27.7. The first kappa shape index (κ1) is 20.2. The molecule has 152 valence electrons. The second-order valence-corrected chi connectivity index (χ2v) is 8.35. The fraction of sp³-hybridized carbons (Fsp3) is 0.545. The van der Waals surface area contributed by atoms with Gasteiger partial charge in [-0.05, 0) is 55.7 Å². The molecule has 1 fully saturated rings. The second-order valence-electron chi connectivity index (χ2n) is 8.35. The molecule has 1 aromatic carbocycles. The summed E-state index contributed by atoms with van der Waals surface area (Å²) in [5.41, 5.74) is 2.94. The van der Waals surface area contributed by atoms with Crippen molar-refractivity contribution in [3.8, 4) is 0 Å². The lowest BCUT2D eigenvalue weighted by molar-refractivity contribution is -0.147. The van der Waals surface area contributed by atoms with E-state index in [1.807, 2.05) is 43.3 Å². The molecule has 1 aromatic rings. The number of benzene rings is 1. The van der Waals surface area contributed by atoms with Crippen LogP contribution in [0.5, 0.6) is 0 Å². The lowest BCUT2D eigenvalue weighted by Gasteiger charge is -2.33. The third-order valence-electron chi connectivity index (χ3n) is 6.06. The molecule has 28 heavy (non-hydrogen) atoms. The number of nitrogens with zero attached hydrogens (tertiary/aromatic N) is 1. The average Bonchev–Trinajstić information content (AvgIpc) is 2.64. The highest BCUT2D eigenvalue weighted by Crippen LogP contribution is 2.33. The smallest absolute Gasteiger partial charge is 0.338 e. The lowest BCUT2D eigenvalue weighted by Crippen LogP contribution is -2.45. The van der Waals surface area contributed by atoms with Crippen LogP contribution in [0.15, 0.2) is 35.5 Å². The first-order valence-electron chi connectivity index (χ1n) is 10.0. The molecule has 0 aromatic heterocycles. The summed E-state index contributed by atoms with van der Waals surface area (Å²) < 4.78 is 5.87. The highest BCUT2D eigenvalue weighted by atomic mass is 16.5. The van der Waals surface area contributed by atoms with E-state index in [0.717, 1.165) is 30.5 Å². The molecular formula is C22H31N3O3. The first-order chi connectivity index (χ1) is 13.3. The number of ether oxygens (including phenoxy) is 1. The van der Waals surface area contributed by atoms with E-state index < -0.39 is 6.04 Å². The van der Waals surface area contributed by atoms with Crippen LogP contribution in [0.1, 0.15) is 51.6 Å². The van der Waals surface area contributed by atoms with Crippen LogP contribution in [0, 0.1) is 11.8 Å². The molecule has 0 bridgehead atoms. The van der Waals surface area contributed by atoms with Crippen LogP contribution < -0.4 is 15.5 Å². The molecule has 1 aliphatic heterocycles. The maximum atomic E-state index is 13.1. The molecule has 0 saturated heterocycles. The Morgan fingerprint density at radius 3 is 2.39 bits per heavy atom. The predicted octanol–water partition coefficient (Wildman–Crippen LogP) is 3.75. The Bertz CT molecular complexity index is 770. The Morgan fingerprint density at radius 2 is 1.79 bits per heavy atom. The van der Waals surface area contributed by atoms with Crippen LogP contribution in [0.3, 0.4) is 0 Å².